The Hall–Kier alpha value is -1.95. The fourth-order valence-corrected chi connectivity index (χ4v) is 3.53. The predicted molar refractivity (Wildman–Crippen MR) is 85.8 cm³/mol. The van der Waals surface area contributed by atoms with Crippen molar-refractivity contribution in [1.29, 1.82) is 0 Å². The normalized spacial score (nSPS) is 19.8. The quantitative estimate of drug-likeness (QED) is 0.876. The number of amides is 2. The summed E-state index contributed by atoms with van der Waals surface area (Å²) >= 11 is 0. The van der Waals surface area contributed by atoms with E-state index in [-0.39, 0.29) is 17.5 Å². The van der Waals surface area contributed by atoms with Crippen LogP contribution < -0.4 is 10.6 Å². The van der Waals surface area contributed by atoms with Crippen molar-refractivity contribution in [2.45, 2.75) is 26.2 Å². The molecule has 124 valence electrons. The first-order valence-electron chi connectivity index (χ1n) is 8.06. The maximum absolute atomic E-state index is 13.7. The third kappa shape index (κ3) is 3.37. The van der Waals surface area contributed by atoms with Gasteiger partial charge in [0.1, 0.15) is 5.82 Å². The van der Waals surface area contributed by atoms with E-state index in [1.807, 2.05) is 4.90 Å². The molecule has 6 heteroatoms. The molecule has 0 radical (unpaired) electrons. The molecule has 1 aromatic rings. The lowest BCUT2D eigenvalue weighted by atomic mass is 9.78. The van der Waals surface area contributed by atoms with Gasteiger partial charge >= 0.3 is 0 Å². The van der Waals surface area contributed by atoms with Crippen LogP contribution in [0.3, 0.4) is 0 Å². The maximum Gasteiger partial charge on any atom is 0.253 e. The predicted octanol–water partition coefficient (Wildman–Crippen LogP) is 2.00. The molecule has 1 spiro atoms. The second kappa shape index (κ2) is 6.28. The number of nitrogens with one attached hydrogen (secondary N) is 2. The average Bonchev–Trinajstić information content (AvgIpc) is 2.97. The Morgan fingerprint density at radius 2 is 2.00 bits per heavy atom. The van der Waals surface area contributed by atoms with E-state index in [1.165, 1.54) is 31.5 Å². The number of hydrogen-bond donors (Lipinski definition) is 2. The molecule has 2 aliphatic heterocycles. The van der Waals surface area contributed by atoms with Crippen LogP contribution in [0.25, 0.3) is 0 Å². The molecule has 0 aromatic heterocycles. The Labute approximate surface area is 135 Å². The average molecular weight is 319 g/mol. The van der Waals surface area contributed by atoms with Gasteiger partial charge in [-0.05, 0) is 49.4 Å². The number of halogens is 1. The van der Waals surface area contributed by atoms with Crippen molar-refractivity contribution in [1.82, 2.24) is 10.2 Å². The van der Waals surface area contributed by atoms with Crippen LogP contribution in [-0.2, 0) is 4.79 Å². The van der Waals surface area contributed by atoms with Crippen LogP contribution in [0, 0.1) is 11.2 Å². The van der Waals surface area contributed by atoms with Crippen molar-refractivity contribution in [3.8, 4) is 0 Å². The van der Waals surface area contributed by atoms with E-state index >= 15 is 0 Å². The van der Waals surface area contributed by atoms with Crippen molar-refractivity contribution in [3.05, 3.63) is 29.6 Å². The SMILES string of the molecule is CC(=O)Nc1cc(C(=O)N2CCC3(CCNC3)CC2)ccc1F. The number of anilines is 1. The van der Waals surface area contributed by atoms with E-state index in [0.29, 0.717) is 11.0 Å². The minimum atomic E-state index is -0.536. The van der Waals surface area contributed by atoms with Crippen LogP contribution in [0.4, 0.5) is 10.1 Å². The van der Waals surface area contributed by atoms with Gasteiger partial charge in [-0.25, -0.2) is 4.39 Å². The van der Waals surface area contributed by atoms with Gasteiger partial charge in [0.05, 0.1) is 5.69 Å². The van der Waals surface area contributed by atoms with Crippen LogP contribution >= 0.6 is 0 Å². The summed E-state index contributed by atoms with van der Waals surface area (Å²) < 4.78 is 13.7. The van der Waals surface area contributed by atoms with Crippen LogP contribution in [-0.4, -0.2) is 42.9 Å². The topological polar surface area (TPSA) is 61.4 Å². The first-order valence-corrected chi connectivity index (χ1v) is 8.06. The van der Waals surface area contributed by atoms with Crippen molar-refractivity contribution in [3.63, 3.8) is 0 Å². The number of benzene rings is 1. The monoisotopic (exact) mass is 319 g/mol. The molecule has 0 unspecified atom stereocenters. The smallest absolute Gasteiger partial charge is 0.253 e. The van der Waals surface area contributed by atoms with Gasteiger partial charge in [0.2, 0.25) is 5.91 Å². The van der Waals surface area contributed by atoms with Crippen molar-refractivity contribution in [2.75, 3.05) is 31.5 Å². The van der Waals surface area contributed by atoms with E-state index < -0.39 is 5.82 Å². The molecule has 2 heterocycles. The first-order chi connectivity index (χ1) is 11.0. The van der Waals surface area contributed by atoms with Gasteiger partial charge in [-0.2, -0.15) is 0 Å². The number of nitrogens with zero attached hydrogens (tertiary/aromatic N) is 1. The molecule has 2 saturated heterocycles. The Kier molecular flexibility index (Phi) is 4.35. The highest BCUT2D eigenvalue weighted by Gasteiger charge is 2.38. The Morgan fingerprint density at radius 1 is 1.26 bits per heavy atom. The number of likely N-dealkylation sites (tertiary alicyclic amines) is 1. The van der Waals surface area contributed by atoms with Gasteiger partial charge in [-0.1, -0.05) is 0 Å². The number of hydrogen-bond acceptors (Lipinski definition) is 3. The zero-order valence-corrected chi connectivity index (χ0v) is 13.3. The van der Waals surface area contributed by atoms with Crippen molar-refractivity contribution >= 4 is 17.5 Å². The fraction of sp³-hybridized carbons (Fsp3) is 0.529. The second-order valence-corrected chi connectivity index (χ2v) is 6.59. The molecule has 2 fully saturated rings. The fourth-order valence-electron chi connectivity index (χ4n) is 3.53. The highest BCUT2D eigenvalue weighted by molar-refractivity contribution is 5.97. The third-order valence-electron chi connectivity index (χ3n) is 4.97. The van der Waals surface area contributed by atoms with E-state index in [0.717, 1.165) is 39.0 Å². The molecule has 1 aromatic carbocycles. The van der Waals surface area contributed by atoms with Crippen LogP contribution in [0.1, 0.15) is 36.5 Å². The van der Waals surface area contributed by atoms with Gasteiger partial charge in [0.25, 0.3) is 5.91 Å². The number of carbonyl (C=O) groups excluding carboxylic acids is 2. The molecule has 2 amide bonds. The molecule has 5 nitrogen and oxygen atoms in total. The number of carbonyl (C=O) groups is 2. The highest BCUT2D eigenvalue weighted by Crippen LogP contribution is 2.37. The molecule has 3 rings (SSSR count). The zero-order chi connectivity index (χ0) is 16.4. The molecular weight excluding hydrogens is 297 g/mol. The van der Waals surface area contributed by atoms with Crippen LogP contribution in [0.5, 0.6) is 0 Å². The molecule has 23 heavy (non-hydrogen) atoms. The van der Waals surface area contributed by atoms with Gasteiger partial charge < -0.3 is 15.5 Å². The van der Waals surface area contributed by atoms with E-state index in [2.05, 4.69) is 10.6 Å². The summed E-state index contributed by atoms with van der Waals surface area (Å²) in [7, 11) is 0. The molecular formula is C17H22FN3O2. The minimum absolute atomic E-state index is 0.0526. The lowest BCUT2D eigenvalue weighted by molar-refractivity contribution is -0.114. The number of piperidine rings is 1. The van der Waals surface area contributed by atoms with E-state index in [9.17, 15) is 14.0 Å². The van der Waals surface area contributed by atoms with E-state index in [4.69, 9.17) is 0 Å². The summed E-state index contributed by atoms with van der Waals surface area (Å²) in [5, 5.41) is 5.82. The van der Waals surface area contributed by atoms with E-state index in [1.54, 1.807) is 0 Å². The van der Waals surface area contributed by atoms with Crippen molar-refractivity contribution in [2.24, 2.45) is 5.41 Å². The molecule has 2 N–H and O–H groups in total. The Bertz CT molecular complexity index is 616. The minimum Gasteiger partial charge on any atom is -0.339 e. The molecule has 2 aliphatic rings. The van der Waals surface area contributed by atoms with Gasteiger partial charge in [0.15, 0.2) is 0 Å². The largest absolute Gasteiger partial charge is 0.339 e. The summed E-state index contributed by atoms with van der Waals surface area (Å²) in [6.07, 6.45) is 3.19. The lowest BCUT2D eigenvalue weighted by Crippen LogP contribution is -2.44. The maximum atomic E-state index is 13.7. The summed E-state index contributed by atoms with van der Waals surface area (Å²) in [5.41, 5.74) is 0.813. The lowest BCUT2D eigenvalue weighted by Gasteiger charge is -2.39. The molecule has 0 saturated carbocycles. The summed E-state index contributed by atoms with van der Waals surface area (Å²) in [6, 6.07) is 4.12. The molecule has 0 aliphatic carbocycles. The van der Waals surface area contributed by atoms with Gasteiger partial charge in [-0.15, -0.1) is 0 Å². The highest BCUT2D eigenvalue weighted by atomic mass is 19.1. The summed E-state index contributed by atoms with van der Waals surface area (Å²) in [4.78, 5) is 25.6. The zero-order valence-electron chi connectivity index (χ0n) is 13.3. The molecule has 0 bridgehead atoms. The Balaban J connectivity index is 1.70. The number of rotatable bonds is 2. The Morgan fingerprint density at radius 3 is 2.61 bits per heavy atom. The summed E-state index contributed by atoms with van der Waals surface area (Å²) in [5.74, 6) is -0.995. The van der Waals surface area contributed by atoms with Gasteiger partial charge in [0, 0.05) is 32.1 Å². The van der Waals surface area contributed by atoms with Crippen molar-refractivity contribution < 1.29 is 14.0 Å². The standard InChI is InChI=1S/C17H22FN3O2/c1-12(22)20-15-10-13(2-3-14(15)18)16(23)21-8-5-17(6-9-21)4-7-19-11-17/h2-3,10,19H,4-9,11H2,1H3,(H,20,22). The second-order valence-electron chi connectivity index (χ2n) is 6.59. The van der Waals surface area contributed by atoms with Crippen LogP contribution in [0.15, 0.2) is 18.2 Å². The van der Waals surface area contributed by atoms with Crippen LogP contribution in [0.2, 0.25) is 0 Å². The molecule has 0 atom stereocenters. The summed E-state index contributed by atoms with van der Waals surface area (Å²) in [6.45, 7) is 4.87. The van der Waals surface area contributed by atoms with Gasteiger partial charge in [-0.3, -0.25) is 9.59 Å². The third-order valence-corrected chi connectivity index (χ3v) is 4.97. The first kappa shape index (κ1) is 15.9.